The van der Waals surface area contributed by atoms with E-state index in [1.807, 2.05) is 25.7 Å². The van der Waals surface area contributed by atoms with E-state index in [0.717, 1.165) is 19.5 Å². The number of nitrogens with one attached hydrogen (secondary N) is 1. The van der Waals surface area contributed by atoms with Gasteiger partial charge in [0, 0.05) is 25.7 Å². The Labute approximate surface area is 116 Å². The lowest BCUT2D eigenvalue weighted by Gasteiger charge is -2.32. The Hall–Kier alpha value is -1.03. The van der Waals surface area contributed by atoms with Crippen molar-refractivity contribution in [1.82, 2.24) is 10.2 Å². The molecule has 0 atom stereocenters. The number of carbonyl (C=O) groups is 1. The van der Waals surface area contributed by atoms with Crippen LogP contribution in [0.4, 0.5) is 4.79 Å². The minimum absolute atomic E-state index is 0.193. The van der Waals surface area contributed by atoms with Crippen molar-refractivity contribution >= 4 is 6.09 Å². The van der Waals surface area contributed by atoms with Crippen LogP contribution in [0.15, 0.2) is 11.6 Å². The Kier molecular flexibility index (Phi) is 4.50. The SMILES string of the molecule is CC(C)(C)OC(=O)N1CCC=C(CNC2CCC2)C1. The molecule has 0 aromatic rings. The van der Waals surface area contributed by atoms with E-state index in [4.69, 9.17) is 4.74 Å². The normalized spacial score (nSPS) is 20.8. The number of ether oxygens (including phenoxy) is 1. The van der Waals surface area contributed by atoms with Gasteiger partial charge in [0.1, 0.15) is 5.60 Å². The summed E-state index contributed by atoms with van der Waals surface area (Å²) in [6.45, 7) is 8.09. The number of hydrogen-bond acceptors (Lipinski definition) is 3. The van der Waals surface area contributed by atoms with Gasteiger partial charge < -0.3 is 15.0 Å². The van der Waals surface area contributed by atoms with Crippen LogP contribution in [-0.2, 0) is 4.74 Å². The summed E-state index contributed by atoms with van der Waals surface area (Å²) in [5.41, 5.74) is 0.895. The zero-order valence-electron chi connectivity index (χ0n) is 12.4. The quantitative estimate of drug-likeness (QED) is 0.799. The number of rotatable bonds is 3. The van der Waals surface area contributed by atoms with Crippen molar-refractivity contribution in [2.24, 2.45) is 0 Å². The molecule has 2 aliphatic rings. The molecule has 0 aromatic heterocycles. The van der Waals surface area contributed by atoms with Gasteiger partial charge in [-0.1, -0.05) is 12.5 Å². The lowest BCUT2D eigenvalue weighted by molar-refractivity contribution is 0.0261. The molecule has 1 aliphatic heterocycles. The molecule has 0 spiro atoms. The number of carbonyl (C=O) groups excluding carboxylic acids is 1. The van der Waals surface area contributed by atoms with E-state index in [-0.39, 0.29) is 6.09 Å². The van der Waals surface area contributed by atoms with Crippen LogP contribution >= 0.6 is 0 Å². The lowest BCUT2D eigenvalue weighted by atomic mass is 9.93. The van der Waals surface area contributed by atoms with Gasteiger partial charge in [0.2, 0.25) is 0 Å². The third-order valence-corrected chi connectivity index (χ3v) is 3.60. The summed E-state index contributed by atoms with van der Waals surface area (Å²) < 4.78 is 5.42. The Balaban J connectivity index is 1.78. The first-order valence-corrected chi connectivity index (χ1v) is 7.33. The van der Waals surface area contributed by atoms with E-state index in [9.17, 15) is 4.79 Å². The molecule has 4 heteroatoms. The summed E-state index contributed by atoms with van der Waals surface area (Å²) in [4.78, 5) is 13.8. The van der Waals surface area contributed by atoms with E-state index < -0.39 is 5.60 Å². The fraction of sp³-hybridized carbons (Fsp3) is 0.800. The van der Waals surface area contributed by atoms with Crippen molar-refractivity contribution in [2.45, 2.75) is 58.1 Å². The maximum Gasteiger partial charge on any atom is 0.410 e. The fourth-order valence-corrected chi connectivity index (χ4v) is 2.31. The van der Waals surface area contributed by atoms with Gasteiger partial charge in [0.15, 0.2) is 0 Å². The molecule has 0 radical (unpaired) electrons. The molecule has 1 fully saturated rings. The monoisotopic (exact) mass is 266 g/mol. The summed E-state index contributed by atoms with van der Waals surface area (Å²) in [7, 11) is 0. The van der Waals surface area contributed by atoms with E-state index in [1.165, 1.54) is 24.8 Å². The van der Waals surface area contributed by atoms with Gasteiger partial charge in [0.25, 0.3) is 0 Å². The van der Waals surface area contributed by atoms with E-state index >= 15 is 0 Å². The molecular formula is C15H26N2O2. The van der Waals surface area contributed by atoms with Crippen LogP contribution in [0, 0.1) is 0 Å². The Bertz CT molecular complexity index is 354. The van der Waals surface area contributed by atoms with Crippen LogP contribution in [0.25, 0.3) is 0 Å². The predicted octanol–water partition coefficient (Wildman–Crippen LogP) is 2.70. The van der Waals surface area contributed by atoms with Crippen molar-refractivity contribution in [3.8, 4) is 0 Å². The van der Waals surface area contributed by atoms with E-state index in [1.54, 1.807) is 0 Å². The van der Waals surface area contributed by atoms with Gasteiger partial charge in [-0.15, -0.1) is 0 Å². The van der Waals surface area contributed by atoms with Gasteiger partial charge in [-0.2, -0.15) is 0 Å². The van der Waals surface area contributed by atoms with Crippen molar-refractivity contribution in [3.05, 3.63) is 11.6 Å². The lowest BCUT2D eigenvalue weighted by Crippen LogP contribution is -2.43. The Morgan fingerprint density at radius 2 is 2.21 bits per heavy atom. The molecule has 108 valence electrons. The fourth-order valence-electron chi connectivity index (χ4n) is 2.31. The van der Waals surface area contributed by atoms with Crippen molar-refractivity contribution in [1.29, 1.82) is 0 Å². The summed E-state index contributed by atoms with van der Waals surface area (Å²) in [6.07, 6.45) is 6.93. The average molecular weight is 266 g/mol. The molecule has 0 aromatic carbocycles. The van der Waals surface area contributed by atoms with Crippen LogP contribution in [-0.4, -0.2) is 42.3 Å². The second-order valence-corrected chi connectivity index (χ2v) is 6.56. The molecule has 0 unspecified atom stereocenters. The van der Waals surface area contributed by atoms with Crippen LogP contribution in [0.2, 0.25) is 0 Å². The molecule has 1 amide bonds. The van der Waals surface area contributed by atoms with Crippen LogP contribution in [0.5, 0.6) is 0 Å². The Morgan fingerprint density at radius 1 is 1.47 bits per heavy atom. The van der Waals surface area contributed by atoms with E-state index in [0.29, 0.717) is 12.6 Å². The third-order valence-electron chi connectivity index (χ3n) is 3.60. The Morgan fingerprint density at radius 3 is 2.79 bits per heavy atom. The highest BCUT2D eigenvalue weighted by molar-refractivity contribution is 5.68. The molecular weight excluding hydrogens is 240 g/mol. The van der Waals surface area contributed by atoms with Gasteiger partial charge >= 0.3 is 6.09 Å². The molecule has 0 bridgehead atoms. The maximum atomic E-state index is 12.0. The number of nitrogens with zero attached hydrogens (tertiary/aromatic N) is 1. The first-order chi connectivity index (χ1) is 8.94. The molecule has 1 N–H and O–H groups in total. The second kappa shape index (κ2) is 5.95. The van der Waals surface area contributed by atoms with Gasteiger partial charge in [0.05, 0.1) is 0 Å². The van der Waals surface area contributed by atoms with Gasteiger partial charge in [-0.25, -0.2) is 4.79 Å². The van der Waals surface area contributed by atoms with Gasteiger partial charge in [-0.3, -0.25) is 0 Å². The van der Waals surface area contributed by atoms with Crippen molar-refractivity contribution in [3.63, 3.8) is 0 Å². The maximum absolute atomic E-state index is 12.0. The van der Waals surface area contributed by atoms with Crippen LogP contribution in [0.3, 0.4) is 0 Å². The highest BCUT2D eigenvalue weighted by Crippen LogP contribution is 2.19. The molecule has 1 heterocycles. The largest absolute Gasteiger partial charge is 0.444 e. The molecule has 4 nitrogen and oxygen atoms in total. The third kappa shape index (κ3) is 4.53. The molecule has 0 saturated heterocycles. The smallest absolute Gasteiger partial charge is 0.410 e. The number of amides is 1. The zero-order chi connectivity index (χ0) is 13.9. The average Bonchev–Trinajstić information content (AvgIpc) is 2.25. The van der Waals surface area contributed by atoms with Crippen LogP contribution < -0.4 is 5.32 Å². The topological polar surface area (TPSA) is 41.6 Å². The zero-order valence-corrected chi connectivity index (χ0v) is 12.4. The summed E-state index contributed by atoms with van der Waals surface area (Å²) in [5, 5.41) is 3.55. The summed E-state index contributed by atoms with van der Waals surface area (Å²) in [5.74, 6) is 0. The summed E-state index contributed by atoms with van der Waals surface area (Å²) in [6, 6.07) is 0.692. The van der Waals surface area contributed by atoms with Crippen molar-refractivity contribution in [2.75, 3.05) is 19.6 Å². The highest BCUT2D eigenvalue weighted by atomic mass is 16.6. The minimum Gasteiger partial charge on any atom is -0.444 e. The highest BCUT2D eigenvalue weighted by Gasteiger charge is 2.24. The second-order valence-electron chi connectivity index (χ2n) is 6.56. The van der Waals surface area contributed by atoms with E-state index in [2.05, 4.69) is 11.4 Å². The molecule has 1 saturated carbocycles. The minimum atomic E-state index is -0.414. The molecule has 1 aliphatic carbocycles. The summed E-state index contributed by atoms with van der Waals surface area (Å²) >= 11 is 0. The molecule has 19 heavy (non-hydrogen) atoms. The number of hydrogen-bond donors (Lipinski definition) is 1. The first-order valence-electron chi connectivity index (χ1n) is 7.33. The molecule has 2 rings (SSSR count). The van der Waals surface area contributed by atoms with Crippen LogP contribution in [0.1, 0.15) is 46.5 Å². The predicted molar refractivity (Wildman–Crippen MR) is 76.1 cm³/mol. The standard InChI is InChI=1S/C15H26N2O2/c1-15(2,3)19-14(18)17-9-5-6-12(11-17)10-16-13-7-4-8-13/h6,13,16H,4-5,7-11H2,1-3H3. The van der Waals surface area contributed by atoms with Gasteiger partial charge in [-0.05, 0) is 45.6 Å². The van der Waals surface area contributed by atoms with Crippen molar-refractivity contribution < 1.29 is 9.53 Å². The first kappa shape index (κ1) is 14.4.